The second-order valence-electron chi connectivity index (χ2n) is 5.25. The van der Waals surface area contributed by atoms with Crippen LogP contribution in [0.15, 0.2) is 0 Å². The first kappa shape index (κ1) is 14.5. The Bertz CT molecular complexity index is 236. The van der Waals surface area contributed by atoms with Gasteiger partial charge in [0.2, 0.25) is 5.91 Å². The Morgan fingerprint density at radius 2 is 2.00 bits per heavy atom. The van der Waals surface area contributed by atoms with Crippen molar-refractivity contribution < 1.29 is 9.53 Å². The summed E-state index contributed by atoms with van der Waals surface area (Å²) in [7, 11) is 0. The molecule has 0 unspecified atom stereocenters. The molecule has 1 fully saturated rings. The fourth-order valence-corrected chi connectivity index (χ4v) is 2.16. The molecule has 1 rings (SSSR count). The molecule has 1 saturated carbocycles. The maximum atomic E-state index is 11.8. The lowest BCUT2D eigenvalue weighted by Gasteiger charge is -2.22. The molecule has 0 aromatic carbocycles. The van der Waals surface area contributed by atoms with Crippen LogP contribution in [-0.2, 0) is 9.53 Å². The van der Waals surface area contributed by atoms with Gasteiger partial charge in [0, 0.05) is 13.2 Å². The van der Waals surface area contributed by atoms with E-state index in [9.17, 15) is 4.79 Å². The van der Waals surface area contributed by atoms with E-state index >= 15 is 0 Å². The third-order valence-electron chi connectivity index (χ3n) is 3.26. The van der Waals surface area contributed by atoms with Gasteiger partial charge in [-0.3, -0.25) is 4.79 Å². The van der Waals surface area contributed by atoms with E-state index in [1.807, 2.05) is 13.8 Å². The average Bonchev–Trinajstić information content (AvgIpc) is 2.71. The Morgan fingerprint density at radius 1 is 1.35 bits per heavy atom. The zero-order chi connectivity index (χ0) is 12.7. The summed E-state index contributed by atoms with van der Waals surface area (Å²) in [5, 5.41) is 2.93. The van der Waals surface area contributed by atoms with Crippen molar-refractivity contribution in [2.45, 2.75) is 64.0 Å². The predicted octanol–water partition coefficient (Wildman–Crippen LogP) is 1.58. The lowest BCUT2D eigenvalue weighted by molar-refractivity contribution is -0.126. The number of nitrogens with two attached hydrogens (primary N) is 1. The van der Waals surface area contributed by atoms with Gasteiger partial charge in [-0.2, -0.15) is 0 Å². The summed E-state index contributed by atoms with van der Waals surface area (Å²) in [4.78, 5) is 11.8. The van der Waals surface area contributed by atoms with Gasteiger partial charge in [0.1, 0.15) is 0 Å². The van der Waals surface area contributed by atoms with E-state index in [2.05, 4.69) is 5.32 Å². The molecule has 0 atom stereocenters. The van der Waals surface area contributed by atoms with Gasteiger partial charge in [0.05, 0.1) is 11.6 Å². The highest BCUT2D eigenvalue weighted by molar-refractivity contribution is 5.86. The van der Waals surface area contributed by atoms with Crippen LogP contribution in [-0.4, -0.2) is 30.7 Å². The molecule has 0 bridgehead atoms. The number of unbranched alkanes of at least 4 members (excludes halogenated alkanes) is 1. The van der Waals surface area contributed by atoms with Gasteiger partial charge in [-0.05, 0) is 39.5 Å². The standard InChI is InChI=1S/C13H26N2O2/c1-11(2)17-10-6-5-9-15-12(16)13(14)7-3-4-8-13/h11H,3-10,14H2,1-2H3,(H,15,16). The van der Waals surface area contributed by atoms with Crippen LogP contribution in [0.5, 0.6) is 0 Å². The first-order chi connectivity index (χ1) is 8.04. The van der Waals surface area contributed by atoms with Gasteiger partial charge >= 0.3 is 0 Å². The maximum absolute atomic E-state index is 11.8. The van der Waals surface area contributed by atoms with E-state index in [0.717, 1.165) is 45.1 Å². The zero-order valence-electron chi connectivity index (χ0n) is 11.1. The molecule has 4 heteroatoms. The molecule has 1 aliphatic carbocycles. The lowest BCUT2D eigenvalue weighted by atomic mass is 9.98. The predicted molar refractivity (Wildman–Crippen MR) is 68.7 cm³/mol. The quantitative estimate of drug-likeness (QED) is 0.666. The summed E-state index contributed by atoms with van der Waals surface area (Å²) in [6.45, 7) is 5.53. The normalized spacial score (nSPS) is 18.6. The summed E-state index contributed by atoms with van der Waals surface area (Å²) in [5.74, 6) is 0.0276. The smallest absolute Gasteiger partial charge is 0.240 e. The third-order valence-corrected chi connectivity index (χ3v) is 3.26. The Kier molecular flexibility index (Phi) is 5.92. The van der Waals surface area contributed by atoms with Crippen LogP contribution in [0.4, 0.5) is 0 Å². The van der Waals surface area contributed by atoms with Crippen molar-refractivity contribution in [1.29, 1.82) is 0 Å². The molecule has 3 N–H and O–H groups in total. The van der Waals surface area contributed by atoms with Gasteiger partial charge in [-0.1, -0.05) is 12.8 Å². The molecule has 1 amide bonds. The highest BCUT2D eigenvalue weighted by Crippen LogP contribution is 2.27. The molecule has 4 nitrogen and oxygen atoms in total. The topological polar surface area (TPSA) is 64.3 Å². The third kappa shape index (κ3) is 5.04. The van der Waals surface area contributed by atoms with E-state index in [1.54, 1.807) is 0 Å². The molecule has 17 heavy (non-hydrogen) atoms. The molecule has 0 aromatic rings. The number of rotatable bonds is 7. The average molecular weight is 242 g/mol. The first-order valence-corrected chi connectivity index (χ1v) is 6.73. The van der Waals surface area contributed by atoms with Crippen molar-refractivity contribution in [3.63, 3.8) is 0 Å². The van der Waals surface area contributed by atoms with Crippen molar-refractivity contribution >= 4 is 5.91 Å². The van der Waals surface area contributed by atoms with Gasteiger partial charge < -0.3 is 15.8 Å². The number of amides is 1. The molecule has 0 saturated heterocycles. The van der Waals surface area contributed by atoms with Gasteiger partial charge in [-0.25, -0.2) is 0 Å². The summed E-state index contributed by atoms with van der Waals surface area (Å²) >= 11 is 0. The fourth-order valence-electron chi connectivity index (χ4n) is 2.16. The first-order valence-electron chi connectivity index (χ1n) is 6.73. The SMILES string of the molecule is CC(C)OCCCCNC(=O)C1(N)CCCC1. The molecule has 100 valence electrons. The molecule has 0 aromatic heterocycles. The summed E-state index contributed by atoms with van der Waals surface area (Å²) < 4.78 is 5.43. The monoisotopic (exact) mass is 242 g/mol. The van der Waals surface area contributed by atoms with Crippen LogP contribution >= 0.6 is 0 Å². The summed E-state index contributed by atoms with van der Waals surface area (Å²) in [6, 6.07) is 0. The second kappa shape index (κ2) is 6.97. The highest BCUT2D eigenvalue weighted by atomic mass is 16.5. The van der Waals surface area contributed by atoms with E-state index < -0.39 is 5.54 Å². The Hall–Kier alpha value is -0.610. The second-order valence-corrected chi connectivity index (χ2v) is 5.25. The number of ether oxygens (including phenoxy) is 1. The fraction of sp³-hybridized carbons (Fsp3) is 0.923. The van der Waals surface area contributed by atoms with Crippen LogP contribution in [0.25, 0.3) is 0 Å². The maximum Gasteiger partial charge on any atom is 0.240 e. The molecular weight excluding hydrogens is 216 g/mol. The van der Waals surface area contributed by atoms with E-state index in [1.165, 1.54) is 0 Å². The van der Waals surface area contributed by atoms with Gasteiger partial charge in [0.25, 0.3) is 0 Å². The highest BCUT2D eigenvalue weighted by Gasteiger charge is 2.36. The minimum Gasteiger partial charge on any atom is -0.379 e. The minimum absolute atomic E-state index is 0.0276. The summed E-state index contributed by atoms with van der Waals surface area (Å²) in [5.41, 5.74) is 5.46. The van der Waals surface area contributed by atoms with Crippen molar-refractivity contribution in [1.82, 2.24) is 5.32 Å². The summed E-state index contributed by atoms with van der Waals surface area (Å²) in [6.07, 6.45) is 6.03. The number of carbonyl (C=O) groups excluding carboxylic acids is 1. The minimum atomic E-state index is -0.589. The molecule has 0 heterocycles. The van der Waals surface area contributed by atoms with E-state index in [4.69, 9.17) is 10.5 Å². The molecule has 0 aliphatic heterocycles. The van der Waals surface area contributed by atoms with Crippen LogP contribution in [0.3, 0.4) is 0 Å². The van der Waals surface area contributed by atoms with Crippen molar-refractivity contribution in [2.75, 3.05) is 13.2 Å². The van der Waals surface area contributed by atoms with Crippen molar-refractivity contribution in [3.8, 4) is 0 Å². The zero-order valence-corrected chi connectivity index (χ0v) is 11.1. The van der Waals surface area contributed by atoms with Crippen molar-refractivity contribution in [2.24, 2.45) is 5.73 Å². The largest absolute Gasteiger partial charge is 0.379 e. The molecule has 0 spiro atoms. The molecule has 1 aliphatic rings. The Balaban J connectivity index is 2.04. The lowest BCUT2D eigenvalue weighted by Crippen LogP contribution is -2.52. The van der Waals surface area contributed by atoms with E-state index in [-0.39, 0.29) is 12.0 Å². The Morgan fingerprint density at radius 3 is 2.59 bits per heavy atom. The van der Waals surface area contributed by atoms with Crippen LogP contribution in [0, 0.1) is 0 Å². The van der Waals surface area contributed by atoms with Gasteiger partial charge in [-0.15, -0.1) is 0 Å². The number of hydrogen-bond donors (Lipinski definition) is 2. The number of hydrogen-bond acceptors (Lipinski definition) is 3. The molecule has 0 radical (unpaired) electrons. The number of carbonyl (C=O) groups is 1. The van der Waals surface area contributed by atoms with Crippen LogP contribution < -0.4 is 11.1 Å². The van der Waals surface area contributed by atoms with Crippen LogP contribution in [0.1, 0.15) is 52.4 Å². The van der Waals surface area contributed by atoms with E-state index in [0.29, 0.717) is 6.54 Å². The van der Waals surface area contributed by atoms with Crippen LogP contribution in [0.2, 0.25) is 0 Å². The van der Waals surface area contributed by atoms with Gasteiger partial charge in [0.15, 0.2) is 0 Å². The van der Waals surface area contributed by atoms with Crippen molar-refractivity contribution in [3.05, 3.63) is 0 Å². The number of nitrogens with one attached hydrogen (secondary N) is 1. The Labute approximate surface area is 104 Å². The molecular formula is C13H26N2O2.